The number of carbonyl (C=O) groups excluding carboxylic acids is 1. The van der Waals surface area contributed by atoms with Crippen LogP contribution >= 0.6 is 0 Å². The van der Waals surface area contributed by atoms with Crippen LogP contribution in [0.1, 0.15) is 41.0 Å². The predicted molar refractivity (Wildman–Crippen MR) is 67.3 cm³/mol. The Morgan fingerprint density at radius 1 is 1.28 bits per heavy atom. The van der Waals surface area contributed by atoms with Crippen LogP contribution in [0.4, 0.5) is 4.79 Å². The van der Waals surface area contributed by atoms with Crippen molar-refractivity contribution in [2.45, 2.75) is 52.7 Å². The molecule has 0 bridgehead atoms. The van der Waals surface area contributed by atoms with E-state index in [0.29, 0.717) is 13.0 Å². The van der Waals surface area contributed by atoms with E-state index in [2.05, 4.69) is 0 Å². The SMILES string of the molecule is CC1CN(C(=O)OC(C)(C)C)C(C)CC1C(=O)O. The molecule has 1 aliphatic heterocycles. The maximum absolute atomic E-state index is 12.0. The first-order valence-corrected chi connectivity index (χ1v) is 6.34. The van der Waals surface area contributed by atoms with Crippen molar-refractivity contribution in [3.63, 3.8) is 0 Å². The largest absolute Gasteiger partial charge is 0.481 e. The van der Waals surface area contributed by atoms with E-state index in [4.69, 9.17) is 9.84 Å². The van der Waals surface area contributed by atoms with Gasteiger partial charge in [0, 0.05) is 12.6 Å². The molecule has 0 saturated carbocycles. The summed E-state index contributed by atoms with van der Waals surface area (Å²) < 4.78 is 5.33. The molecule has 1 aliphatic rings. The molecule has 1 rings (SSSR count). The lowest BCUT2D eigenvalue weighted by molar-refractivity contribution is -0.146. The molecular formula is C13H23NO4. The summed E-state index contributed by atoms with van der Waals surface area (Å²) in [6, 6.07) is -0.0999. The first-order valence-electron chi connectivity index (χ1n) is 6.34. The van der Waals surface area contributed by atoms with E-state index in [1.165, 1.54) is 0 Å². The van der Waals surface area contributed by atoms with Crippen LogP contribution in [0, 0.1) is 11.8 Å². The number of hydrogen-bond acceptors (Lipinski definition) is 3. The number of rotatable bonds is 1. The maximum atomic E-state index is 12.0. The Labute approximate surface area is 108 Å². The fourth-order valence-corrected chi connectivity index (χ4v) is 2.26. The van der Waals surface area contributed by atoms with Crippen molar-refractivity contribution in [3.8, 4) is 0 Å². The number of hydrogen-bond donors (Lipinski definition) is 1. The topological polar surface area (TPSA) is 66.8 Å². The number of likely N-dealkylation sites (tertiary alicyclic amines) is 1. The second-order valence-electron chi connectivity index (χ2n) is 6.14. The molecule has 3 atom stereocenters. The Morgan fingerprint density at radius 3 is 2.28 bits per heavy atom. The lowest BCUT2D eigenvalue weighted by Gasteiger charge is -2.40. The molecule has 1 N–H and O–H groups in total. The van der Waals surface area contributed by atoms with Gasteiger partial charge >= 0.3 is 12.1 Å². The minimum absolute atomic E-state index is 0.0498. The molecule has 0 aromatic heterocycles. The Kier molecular flexibility index (Phi) is 4.24. The zero-order valence-corrected chi connectivity index (χ0v) is 11.8. The Hall–Kier alpha value is -1.26. The van der Waals surface area contributed by atoms with Gasteiger partial charge in [0.2, 0.25) is 0 Å². The molecule has 0 aliphatic carbocycles. The van der Waals surface area contributed by atoms with Gasteiger partial charge in [-0.3, -0.25) is 4.79 Å². The molecule has 1 amide bonds. The van der Waals surface area contributed by atoms with Crippen LogP contribution in [0.3, 0.4) is 0 Å². The van der Waals surface area contributed by atoms with Crippen molar-refractivity contribution in [2.24, 2.45) is 11.8 Å². The van der Waals surface area contributed by atoms with Crippen molar-refractivity contribution in [2.75, 3.05) is 6.54 Å². The number of ether oxygens (including phenoxy) is 1. The fourth-order valence-electron chi connectivity index (χ4n) is 2.26. The van der Waals surface area contributed by atoms with Gasteiger partial charge in [-0.15, -0.1) is 0 Å². The lowest BCUT2D eigenvalue weighted by atomic mass is 9.83. The van der Waals surface area contributed by atoms with Crippen LogP contribution < -0.4 is 0 Å². The fraction of sp³-hybridized carbons (Fsp3) is 0.846. The third-order valence-corrected chi connectivity index (χ3v) is 3.24. The van der Waals surface area contributed by atoms with E-state index in [1.54, 1.807) is 4.90 Å². The van der Waals surface area contributed by atoms with E-state index in [-0.39, 0.29) is 24.0 Å². The van der Waals surface area contributed by atoms with Gasteiger partial charge in [-0.25, -0.2) is 4.79 Å². The zero-order chi connectivity index (χ0) is 14.1. The Morgan fingerprint density at radius 2 is 1.83 bits per heavy atom. The van der Waals surface area contributed by atoms with Gasteiger partial charge in [-0.1, -0.05) is 6.92 Å². The summed E-state index contributed by atoms with van der Waals surface area (Å²) in [5.74, 6) is -1.21. The highest BCUT2D eigenvalue weighted by Gasteiger charge is 2.38. The highest BCUT2D eigenvalue weighted by atomic mass is 16.6. The predicted octanol–water partition coefficient (Wildman–Crippen LogP) is 2.35. The number of carboxylic acids is 1. The third kappa shape index (κ3) is 3.62. The molecule has 5 nitrogen and oxygen atoms in total. The second kappa shape index (κ2) is 5.16. The van der Waals surface area contributed by atoms with Crippen LogP contribution in [0.15, 0.2) is 0 Å². The van der Waals surface area contributed by atoms with Crippen molar-refractivity contribution in [3.05, 3.63) is 0 Å². The van der Waals surface area contributed by atoms with Crippen molar-refractivity contribution < 1.29 is 19.4 Å². The summed E-state index contributed by atoms with van der Waals surface area (Å²) in [7, 11) is 0. The lowest BCUT2D eigenvalue weighted by Crippen LogP contribution is -2.51. The van der Waals surface area contributed by atoms with Crippen LogP contribution in [0.2, 0.25) is 0 Å². The van der Waals surface area contributed by atoms with Crippen LogP contribution in [-0.4, -0.2) is 40.3 Å². The average Bonchev–Trinajstić information content (AvgIpc) is 2.17. The number of piperidine rings is 1. The number of aliphatic carboxylic acids is 1. The van der Waals surface area contributed by atoms with Gasteiger partial charge in [0.25, 0.3) is 0 Å². The van der Waals surface area contributed by atoms with Crippen molar-refractivity contribution >= 4 is 12.1 Å². The molecule has 0 aromatic carbocycles. The smallest absolute Gasteiger partial charge is 0.410 e. The molecule has 0 radical (unpaired) electrons. The summed E-state index contributed by atoms with van der Waals surface area (Å²) in [6.07, 6.45) is 0.126. The van der Waals surface area contributed by atoms with Gasteiger partial charge in [0.05, 0.1) is 5.92 Å². The van der Waals surface area contributed by atoms with Crippen LogP contribution in [-0.2, 0) is 9.53 Å². The summed E-state index contributed by atoms with van der Waals surface area (Å²) >= 11 is 0. The van der Waals surface area contributed by atoms with Gasteiger partial charge in [-0.05, 0) is 40.0 Å². The van der Waals surface area contributed by atoms with Crippen LogP contribution in [0.5, 0.6) is 0 Å². The minimum Gasteiger partial charge on any atom is -0.481 e. The van der Waals surface area contributed by atoms with Crippen LogP contribution in [0.25, 0.3) is 0 Å². The highest BCUT2D eigenvalue weighted by Crippen LogP contribution is 2.29. The van der Waals surface area contributed by atoms with E-state index in [9.17, 15) is 9.59 Å². The van der Waals surface area contributed by atoms with E-state index in [1.807, 2.05) is 34.6 Å². The standard InChI is InChI=1S/C13H23NO4/c1-8-7-14(12(17)18-13(3,4)5)9(2)6-10(8)11(15)16/h8-10H,6-7H2,1-5H3,(H,15,16). The molecule has 3 unspecified atom stereocenters. The minimum atomic E-state index is -0.779. The quantitative estimate of drug-likeness (QED) is 0.783. The summed E-state index contributed by atoms with van der Waals surface area (Å²) in [6.45, 7) is 9.63. The summed E-state index contributed by atoms with van der Waals surface area (Å²) in [5, 5.41) is 9.10. The van der Waals surface area contributed by atoms with Gasteiger partial charge in [0.1, 0.15) is 5.60 Å². The van der Waals surface area contributed by atoms with Gasteiger partial charge in [0.15, 0.2) is 0 Å². The van der Waals surface area contributed by atoms with Crippen molar-refractivity contribution in [1.29, 1.82) is 0 Å². The van der Waals surface area contributed by atoms with Gasteiger partial charge in [-0.2, -0.15) is 0 Å². The first kappa shape index (κ1) is 14.8. The molecular weight excluding hydrogens is 234 g/mol. The Balaban J connectivity index is 2.70. The number of carboxylic acid groups (broad SMARTS) is 1. The highest BCUT2D eigenvalue weighted by molar-refractivity contribution is 5.72. The first-order chi connectivity index (χ1) is 8.11. The van der Waals surface area contributed by atoms with E-state index < -0.39 is 11.6 Å². The molecule has 5 heteroatoms. The number of amides is 1. The third-order valence-electron chi connectivity index (χ3n) is 3.24. The van der Waals surface area contributed by atoms with E-state index in [0.717, 1.165) is 0 Å². The number of carbonyl (C=O) groups is 2. The summed E-state index contributed by atoms with van der Waals surface area (Å²) in [4.78, 5) is 24.7. The zero-order valence-electron chi connectivity index (χ0n) is 11.8. The molecule has 1 fully saturated rings. The van der Waals surface area contributed by atoms with E-state index >= 15 is 0 Å². The van der Waals surface area contributed by atoms with Gasteiger partial charge < -0.3 is 14.7 Å². The molecule has 1 heterocycles. The molecule has 1 saturated heterocycles. The second-order valence-corrected chi connectivity index (χ2v) is 6.14. The molecule has 18 heavy (non-hydrogen) atoms. The average molecular weight is 257 g/mol. The number of nitrogens with zero attached hydrogens (tertiary/aromatic N) is 1. The monoisotopic (exact) mass is 257 g/mol. The maximum Gasteiger partial charge on any atom is 0.410 e. The summed E-state index contributed by atoms with van der Waals surface area (Å²) in [5.41, 5.74) is -0.524. The normalized spacial score (nSPS) is 28.9. The molecule has 0 spiro atoms. The molecule has 104 valence electrons. The Bertz CT molecular complexity index is 334. The van der Waals surface area contributed by atoms with Crippen molar-refractivity contribution in [1.82, 2.24) is 4.90 Å². The molecule has 0 aromatic rings.